The number of aryl methyl sites for hydroxylation is 2. The molecule has 1 N–H and O–H groups in total. The van der Waals surface area contributed by atoms with Crippen LogP contribution in [0.4, 0.5) is 0 Å². The molecular formula is C19H21NO4. The number of nitrogens with one attached hydrogen (secondary N) is 1. The van der Waals surface area contributed by atoms with Gasteiger partial charge in [-0.05, 0) is 61.3 Å². The first kappa shape index (κ1) is 15.2. The highest BCUT2D eigenvalue weighted by Gasteiger charge is 2.38. The standard InChI is InChI=1S/C19H21NO4/c1-23-19(22)18(11-5-6-11)20-17(21)9-14-10-24-16-8-13-4-2-3-12(13)7-15(14)16/h7-8,10-11,18H,2-6,9H2,1H3,(H,20,21). The van der Waals surface area contributed by atoms with Crippen LogP contribution in [0.25, 0.3) is 11.0 Å². The normalized spacial score (nSPS) is 17.5. The number of benzene rings is 1. The molecule has 2 aliphatic rings. The molecule has 2 aromatic rings. The van der Waals surface area contributed by atoms with E-state index in [1.807, 2.05) is 0 Å². The molecule has 0 radical (unpaired) electrons. The molecule has 24 heavy (non-hydrogen) atoms. The van der Waals surface area contributed by atoms with Gasteiger partial charge in [-0.25, -0.2) is 4.79 Å². The van der Waals surface area contributed by atoms with E-state index in [1.165, 1.54) is 24.7 Å². The van der Waals surface area contributed by atoms with Crippen molar-refractivity contribution >= 4 is 22.8 Å². The number of ether oxygens (including phenoxy) is 1. The maximum Gasteiger partial charge on any atom is 0.328 e. The van der Waals surface area contributed by atoms with Gasteiger partial charge in [0.2, 0.25) is 5.91 Å². The lowest BCUT2D eigenvalue weighted by molar-refractivity contribution is -0.145. The fraction of sp³-hybridized carbons (Fsp3) is 0.474. The molecule has 1 unspecified atom stereocenters. The van der Waals surface area contributed by atoms with Crippen molar-refractivity contribution < 1.29 is 18.7 Å². The highest BCUT2D eigenvalue weighted by molar-refractivity contribution is 5.90. The van der Waals surface area contributed by atoms with Gasteiger partial charge < -0.3 is 14.5 Å². The summed E-state index contributed by atoms with van der Waals surface area (Å²) < 4.78 is 10.4. The van der Waals surface area contributed by atoms with E-state index in [1.54, 1.807) is 6.26 Å². The van der Waals surface area contributed by atoms with Gasteiger partial charge in [0.25, 0.3) is 0 Å². The Morgan fingerprint density at radius 3 is 2.75 bits per heavy atom. The quantitative estimate of drug-likeness (QED) is 0.857. The highest BCUT2D eigenvalue weighted by atomic mass is 16.5. The van der Waals surface area contributed by atoms with E-state index in [4.69, 9.17) is 9.15 Å². The van der Waals surface area contributed by atoms with Crippen molar-refractivity contribution in [3.63, 3.8) is 0 Å². The van der Waals surface area contributed by atoms with Crippen LogP contribution in [0, 0.1) is 5.92 Å². The van der Waals surface area contributed by atoms with Gasteiger partial charge in [0.15, 0.2) is 0 Å². The summed E-state index contributed by atoms with van der Waals surface area (Å²) in [5.74, 6) is -0.313. The van der Waals surface area contributed by atoms with Crippen LogP contribution in [0.5, 0.6) is 0 Å². The summed E-state index contributed by atoms with van der Waals surface area (Å²) in [6, 6.07) is 3.73. The van der Waals surface area contributed by atoms with E-state index in [2.05, 4.69) is 17.4 Å². The fourth-order valence-corrected chi connectivity index (χ4v) is 3.61. The van der Waals surface area contributed by atoms with Crippen molar-refractivity contribution in [3.05, 3.63) is 35.1 Å². The lowest BCUT2D eigenvalue weighted by Crippen LogP contribution is -2.43. The zero-order valence-corrected chi connectivity index (χ0v) is 13.8. The minimum absolute atomic E-state index is 0.166. The minimum atomic E-state index is -0.523. The van der Waals surface area contributed by atoms with Gasteiger partial charge >= 0.3 is 5.97 Å². The zero-order chi connectivity index (χ0) is 16.7. The Morgan fingerprint density at radius 2 is 2.04 bits per heavy atom. The van der Waals surface area contributed by atoms with Crippen LogP contribution in [0.15, 0.2) is 22.8 Å². The fourth-order valence-electron chi connectivity index (χ4n) is 3.61. The largest absolute Gasteiger partial charge is 0.467 e. The smallest absolute Gasteiger partial charge is 0.328 e. The van der Waals surface area contributed by atoms with Crippen LogP contribution in [0.2, 0.25) is 0 Å². The van der Waals surface area contributed by atoms with Crippen LogP contribution >= 0.6 is 0 Å². The van der Waals surface area contributed by atoms with Gasteiger partial charge in [-0.1, -0.05) is 0 Å². The number of furan rings is 1. The maximum absolute atomic E-state index is 12.4. The summed E-state index contributed by atoms with van der Waals surface area (Å²) in [4.78, 5) is 24.2. The van der Waals surface area contributed by atoms with Crippen LogP contribution < -0.4 is 5.32 Å². The molecular weight excluding hydrogens is 306 g/mol. The number of rotatable bonds is 5. The highest BCUT2D eigenvalue weighted by Crippen LogP contribution is 2.33. The van der Waals surface area contributed by atoms with Crippen LogP contribution in [-0.2, 0) is 33.6 Å². The molecule has 1 aromatic heterocycles. The molecule has 5 heteroatoms. The second-order valence-electron chi connectivity index (χ2n) is 6.81. The second-order valence-corrected chi connectivity index (χ2v) is 6.81. The molecule has 5 nitrogen and oxygen atoms in total. The van der Waals surface area contributed by atoms with E-state index < -0.39 is 6.04 Å². The Labute approximate surface area is 140 Å². The SMILES string of the molecule is COC(=O)C(NC(=O)Cc1coc2cc3c(cc12)CCC3)C1CC1. The first-order chi connectivity index (χ1) is 11.7. The Balaban J connectivity index is 1.51. The molecule has 1 atom stereocenters. The molecule has 1 amide bonds. The van der Waals surface area contributed by atoms with Crippen LogP contribution in [-0.4, -0.2) is 25.0 Å². The zero-order valence-electron chi connectivity index (χ0n) is 13.8. The number of hydrogen-bond donors (Lipinski definition) is 1. The molecule has 1 heterocycles. The third kappa shape index (κ3) is 2.79. The summed E-state index contributed by atoms with van der Waals surface area (Å²) >= 11 is 0. The predicted octanol–water partition coefficient (Wildman–Crippen LogP) is 2.53. The average molecular weight is 327 g/mol. The van der Waals surface area contributed by atoms with E-state index >= 15 is 0 Å². The molecule has 0 bridgehead atoms. The number of carbonyl (C=O) groups excluding carboxylic acids is 2. The summed E-state index contributed by atoms with van der Waals surface area (Å²) in [7, 11) is 1.36. The molecule has 1 aromatic carbocycles. The summed E-state index contributed by atoms with van der Waals surface area (Å²) in [6.07, 6.45) is 7.16. The summed E-state index contributed by atoms with van der Waals surface area (Å²) in [5.41, 5.74) is 4.42. The van der Waals surface area contributed by atoms with E-state index in [9.17, 15) is 9.59 Å². The van der Waals surface area contributed by atoms with Crippen molar-refractivity contribution in [3.8, 4) is 0 Å². The Bertz CT molecular complexity index is 803. The molecule has 1 fully saturated rings. The van der Waals surface area contributed by atoms with Crippen molar-refractivity contribution in [1.82, 2.24) is 5.32 Å². The second kappa shape index (κ2) is 5.96. The van der Waals surface area contributed by atoms with Crippen molar-refractivity contribution in [2.75, 3.05) is 7.11 Å². The molecule has 126 valence electrons. The minimum Gasteiger partial charge on any atom is -0.467 e. The number of methoxy groups -OCH3 is 1. The Morgan fingerprint density at radius 1 is 1.29 bits per heavy atom. The number of fused-ring (bicyclic) bond motifs is 2. The number of carbonyl (C=O) groups is 2. The van der Waals surface area contributed by atoms with Crippen molar-refractivity contribution in [1.29, 1.82) is 0 Å². The van der Waals surface area contributed by atoms with Crippen molar-refractivity contribution in [2.24, 2.45) is 5.92 Å². The number of amides is 1. The van der Waals surface area contributed by atoms with Gasteiger partial charge in [-0.2, -0.15) is 0 Å². The third-order valence-corrected chi connectivity index (χ3v) is 5.08. The summed E-state index contributed by atoms with van der Waals surface area (Å²) in [5, 5.41) is 3.84. The monoisotopic (exact) mass is 327 g/mol. The lowest BCUT2D eigenvalue weighted by Gasteiger charge is -2.15. The van der Waals surface area contributed by atoms with Gasteiger partial charge in [-0.3, -0.25) is 4.79 Å². The first-order valence-corrected chi connectivity index (χ1v) is 8.55. The molecule has 1 saturated carbocycles. The van der Waals surface area contributed by atoms with Crippen LogP contribution in [0.3, 0.4) is 0 Å². The van der Waals surface area contributed by atoms with Gasteiger partial charge in [0, 0.05) is 10.9 Å². The predicted molar refractivity (Wildman–Crippen MR) is 88.6 cm³/mol. The molecule has 0 spiro atoms. The Kier molecular flexibility index (Phi) is 3.79. The number of hydrogen-bond acceptors (Lipinski definition) is 4. The summed E-state index contributed by atoms with van der Waals surface area (Å²) in [6.45, 7) is 0. The molecule has 0 aliphatic heterocycles. The molecule has 0 saturated heterocycles. The van der Waals surface area contributed by atoms with Crippen molar-refractivity contribution in [2.45, 2.75) is 44.6 Å². The van der Waals surface area contributed by atoms with E-state index in [0.717, 1.165) is 42.2 Å². The Hall–Kier alpha value is -2.30. The van der Waals surface area contributed by atoms with Gasteiger partial charge in [-0.15, -0.1) is 0 Å². The van der Waals surface area contributed by atoms with E-state index in [-0.39, 0.29) is 24.2 Å². The molecule has 2 aliphatic carbocycles. The topological polar surface area (TPSA) is 68.5 Å². The van der Waals surface area contributed by atoms with E-state index in [0.29, 0.717) is 0 Å². The average Bonchev–Trinajstić information content (AvgIpc) is 3.21. The van der Waals surface area contributed by atoms with Gasteiger partial charge in [0.05, 0.1) is 19.8 Å². The lowest BCUT2D eigenvalue weighted by atomic mass is 10.0. The number of esters is 1. The van der Waals surface area contributed by atoms with Crippen LogP contribution in [0.1, 0.15) is 36.0 Å². The third-order valence-electron chi connectivity index (χ3n) is 5.08. The maximum atomic E-state index is 12.4. The van der Waals surface area contributed by atoms with Gasteiger partial charge in [0.1, 0.15) is 11.6 Å². The molecule has 4 rings (SSSR count). The first-order valence-electron chi connectivity index (χ1n) is 8.55.